The van der Waals surface area contributed by atoms with Crippen LogP contribution in [0.2, 0.25) is 10.0 Å². The lowest BCUT2D eigenvalue weighted by molar-refractivity contribution is -0.141. The summed E-state index contributed by atoms with van der Waals surface area (Å²) in [6.45, 7) is 3.19. The van der Waals surface area contributed by atoms with Crippen LogP contribution in [0.1, 0.15) is 25.0 Å². The fourth-order valence-corrected chi connectivity index (χ4v) is 3.95. The van der Waals surface area contributed by atoms with Gasteiger partial charge in [0.25, 0.3) is 0 Å². The number of carbonyl (C=O) groups is 2. The lowest BCUT2D eigenvalue weighted by Crippen LogP contribution is -2.48. The molecule has 1 heterocycles. The Balaban J connectivity index is 1.84. The van der Waals surface area contributed by atoms with Crippen LogP contribution in [0, 0.1) is 5.92 Å². The number of nitrogens with zero attached hydrogens (tertiary/aromatic N) is 1. The van der Waals surface area contributed by atoms with Crippen molar-refractivity contribution >= 4 is 35.2 Å². The third kappa shape index (κ3) is 4.02. The number of imide groups is 1. The molecule has 1 aliphatic rings. The minimum absolute atomic E-state index is 0.121. The van der Waals surface area contributed by atoms with Gasteiger partial charge in [0, 0.05) is 15.6 Å². The number of cyclic esters (lactones) is 1. The van der Waals surface area contributed by atoms with Crippen LogP contribution < -0.4 is 0 Å². The highest BCUT2D eigenvalue weighted by Gasteiger charge is 2.45. The van der Waals surface area contributed by atoms with Gasteiger partial charge in [-0.05, 0) is 31.0 Å². The van der Waals surface area contributed by atoms with Crippen LogP contribution in [-0.4, -0.2) is 34.7 Å². The smallest absolute Gasteiger partial charge is 0.416 e. The summed E-state index contributed by atoms with van der Waals surface area (Å²) < 4.78 is 5.12. The summed E-state index contributed by atoms with van der Waals surface area (Å²) in [6.07, 6.45) is -0.217. The zero-order chi connectivity index (χ0) is 20.5. The quantitative estimate of drug-likeness (QED) is 0.775. The summed E-state index contributed by atoms with van der Waals surface area (Å²) in [5.41, 5.74) is -0.241. The first-order chi connectivity index (χ1) is 13.2. The molecule has 0 radical (unpaired) electrons. The van der Waals surface area contributed by atoms with Crippen molar-refractivity contribution in [3.63, 3.8) is 0 Å². The minimum Gasteiger partial charge on any atom is -0.447 e. The Morgan fingerprint density at radius 2 is 1.96 bits per heavy atom. The predicted octanol–water partition coefficient (Wildman–Crippen LogP) is 4.43. The van der Waals surface area contributed by atoms with Crippen LogP contribution in [0.25, 0.3) is 0 Å². The van der Waals surface area contributed by atoms with Gasteiger partial charge < -0.3 is 9.84 Å². The van der Waals surface area contributed by atoms with E-state index in [1.807, 2.05) is 30.3 Å². The number of rotatable bonds is 5. The Bertz CT molecular complexity index is 885. The van der Waals surface area contributed by atoms with E-state index in [9.17, 15) is 14.7 Å². The molecule has 7 heteroatoms. The highest BCUT2D eigenvalue weighted by molar-refractivity contribution is 6.35. The van der Waals surface area contributed by atoms with Crippen LogP contribution in [0.5, 0.6) is 0 Å². The molecule has 0 bridgehead atoms. The van der Waals surface area contributed by atoms with E-state index >= 15 is 0 Å². The molecular weight excluding hydrogens is 401 g/mol. The van der Waals surface area contributed by atoms with Crippen molar-refractivity contribution in [2.75, 3.05) is 6.61 Å². The van der Waals surface area contributed by atoms with E-state index in [4.69, 9.17) is 27.9 Å². The SMILES string of the molecule is C[C@@H](C(=O)N1C(=O)OC[C@@H]1Cc1ccccc1)[C@@](C)(O)c1ccc(Cl)cc1Cl. The molecule has 2 aromatic rings. The fraction of sp³-hybridized carbons (Fsp3) is 0.333. The second kappa shape index (κ2) is 8.11. The molecule has 148 valence electrons. The number of carbonyl (C=O) groups excluding carboxylic acids is 2. The lowest BCUT2D eigenvalue weighted by Gasteiger charge is -2.33. The molecule has 1 N–H and O–H groups in total. The van der Waals surface area contributed by atoms with Crippen LogP contribution in [0.4, 0.5) is 4.79 Å². The normalized spacial score (nSPS) is 19.8. The van der Waals surface area contributed by atoms with E-state index in [0.29, 0.717) is 17.0 Å². The molecule has 0 saturated carbocycles. The molecule has 3 rings (SSSR count). The highest BCUT2D eigenvalue weighted by atomic mass is 35.5. The molecule has 2 amide bonds. The molecule has 3 atom stereocenters. The standard InChI is InChI=1S/C21H21Cl2NO4/c1-13(21(2,27)17-9-8-15(22)11-18(17)23)19(25)24-16(12-28-20(24)26)10-14-6-4-3-5-7-14/h3-9,11,13,16,27H,10,12H2,1-2H3/t13-,16-,21+/m0/s1. The van der Waals surface area contributed by atoms with Gasteiger partial charge in [-0.25, -0.2) is 9.69 Å². The fourth-order valence-electron chi connectivity index (χ4n) is 3.35. The minimum atomic E-state index is -1.60. The summed E-state index contributed by atoms with van der Waals surface area (Å²) in [4.78, 5) is 26.5. The van der Waals surface area contributed by atoms with Crippen LogP contribution in [0.15, 0.2) is 48.5 Å². The number of benzene rings is 2. The maximum Gasteiger partial charge on any atom is 0.416 e. The van der Waals surface area contributed by atoms with Gasteiger partial charge in [0.05, 0.1) is 17.6 Å². The Morgan fingerprint density at radius 1 is 1.29 bits per heavy atom. The van der Waals surface area contributed by atoms with Crippen molar-refractivity contribution in [1.29, 1.82) is 0 Å². The van der Waals surface area contributed by atoms with Gasteiger partial charge in [-0.15, -0.1) is 0 Å². The molecule has 5 nitrogen and oxygen atoms in total. The van der Waals surface area contributed by atoms with E-state index in [1.165, 1.54) is 13.0 Å². The van der Waals surface area contributed by atoms with E-state index < -0.39 is 29.6 Å². The Hall–Kier alpha value is -2.08. The van der Waals surface area contributed by atoms with Crippen LogP contribution in [0.3, 0.4) is 0 Å². The summed E-state index contributed by atoms with van der Waals surface area (Å²) in [7, 11) is 0. The third-order valence-corrected chi connectivity index (χ3v) is 5.75. The Labute approximate surface area is 173 Å². The van der Waals surface area contributed by atoms with Crippen molar-refractivity contribution in [2.45, 2.75) is 31.9 Å². The van der Waals surface area contributed by atoms with E-state index in [1.54, 1.807) is 19.1 Å². The maximum absolute atomic E-state index is 13.2. The number of hydrogen-bond donors (Lipinski definition) is 1. The summed E-state index contributed by atoms with van der Waals surface area (Å²) >= 11 is 12.2. The van der Waals surface area contributed by atoms with E-state index in [0.717, 1.165) is 10.5 Å². The molecule has 28 heavy (non-hydrogen) atoms. The molecule has 0 aliphatic carbocycles. The highest BCUT2D eigenvalue weighted by Crippen LogP contribution is 2.37. The molecule has 1 aliphatic heterocycles. The van der Waals surface area contributed by atoms with Gasteiger partial charge in [0.2, 0.25) is 5.91 Å². The number of hydrogen-bond acceptors (Lipinski definition) is 4. The number of ether oxygens (including phenoxy) is 1. The van der Waals surface area contributed by atoms with Crippen molar-refractivity contribution in [1.82, 2.24) is 4.90 Å². The van der Waals surface area contributed by atoms with Crippen molar-refractivity contribution in [3.05, 3.63) is 69.7 Å². The van der Waals surface area contributed by atoms with Gasteiger partial charge in [0.1, 0.15) is 6.61 Å². The molecule has 0 unspecified atom stereocenters. The van der Waals surface area contributed by atoms with Crippen LogP contribution >= 0.6 is 23.2 Å². The van der Waals surface area contributed by atoms with Crippen molar-refractivity contribution in [3.8, 4) is 0 Å². The first-order valence-corrected chi connectivity index (χ1v) is 9.69. The first kappa shape index (κ1) is 20.6. The van der Waals surface area contributed by atoms with Crippen molar-refractivity contribution in [2.24, 2.45) is 5.92 Å². The van der Waals surface area contributed by atoms with Gasteiger partial charge >= 0.3 is 6.09 Å². The number of amides is 2. The average Bonchev–Trinajstić information content (AvgIpc) is 3.01. The predicted molar refractivity (Wildman–Crippen MR) is 107 cm³/mol. The zero-order valence-corrected chi connectivity index (χ0v) is 17.1. The van der Waals surface area contributed by atoms with E-state index in [2.05, 4.69) is 0 Å². The Morgan fingerprint density at radius 3 is 2.61 bits per heavy atom. The van der Waals surface area contributed by atoms with Gasteiger partial charge in [-0.2, -0.15) is 0 Å². The van der Waals surface area contributed by atoms with Gasteiger partial charge in [0.15, 0.2) is 0 Å². The monoisotopic (exact) mass is 421 g/mol. The lowest BCUT2D eigenvalue weighted by atomic mass is 9.83. The molecular formula is C21H21Cl2NO4. The third-order valence-electron chi connectivity index (χ3n) is 5.20. The molecule has 0 spiro atoms. The first-order valence-electron chi connectivity index (χ1n) is 8.93. The molecule has 1 saturated heterocycles. The summed E-state index contributed by atoms with van der Waals surface area (Å²) in [5.74, 6) is -1.45. The second-order valence-corrected chi connectivity index (χ2v) is 7.97. The van der Waals surface area contributed by atoms with Crippen LogP contribution in [-0.2, 0) is 21.6 Å². The van der Waals surface area contributed by atoms with E-state index in [-0.39, 0.29) is 11.6 Å². The molecule has 2 aromatic carbocycles. The second-order valence-electron chi connectivity index (χ2n) is 7.12. The molecule has 0 aromatic heterocycles. The zero-order valence-electron chi connectivity index (χ0n) is 15.6. The summed E-state index contributed by atoms with van der Waals surface area (Å²) in [5, 5.41) is 11.8. The van der Waals surface area contributed by atoms with Crippen molar-refractivity contribution < 1.29 is 19.4 Å². The van der Waals surface area contributed by atoms with Gasteiger partial charge in [-0.3, -0.25) is 4.79 Å². The average molecular weight is 422 g/mol. The largest absolute Gasteiger partial charge is 0.447 e. The Kier molecular flexibility index (Phi) is 5.98. The van der Waals surface area contributed by atoms with Gasteiger partial charge in [-0.1, -0.05) is 66.5 Å². The number of halogens is 2. The summed E-state index contributed by atoms with van der Waals surface area (Å²) in [6, 6.07) is 13.8. The maximum atomic E-state index is 13.2. The molecule has 1 fully saturated rings. The number of aliphatic hydroxyl groups is 1. The topological polar surface area (TPSA) is 66.8 Å².